The maximum absolute atomic E-state index is 13.7. The number of anilines is 1. The quantitative estimate of drug-likeness (QED) is 0.842. The van der Waals surface area contributed by atoms with Crippen molar-refractivity contribution in [2.45, 2.75) is 26.3 Å². The second-order valence-corrected chi connectivity index (χ2v) is 7.35. The average molecular weight is 336 g/mol. The highest BCUT2D eigenvalue weighted by Crippen LogP contribution is 2.36. The van der Waals surface area contributed by atoms with Crippen LogP contribution in [0.3, 0.4) is 0 Å². The van der Waals surface area contributed by atoms with Crippen LogP contribution in [0.5, 0.6) is 0 Å². The summed E-state index contributed by atoms with van der Waals surface area (Å²) in [6.45, 7) is 4.42. The fraction of sp³-hybridized carbons (Fsp3) is 0.538. The number of rotatable bonds is 2. The summed E-state index contributed by atoms with van der Waals surface area (Å²) in [6.07, 6.45) is 0.989. The summed E-state index contributed by atoms with van der Waals surface area (Å²) in [6, 6.07) is 2.41. The SMILES string of the molecule is CC1(C)CSCC(Nc2c(F)cc(F)cc2Br)C1. The molecule has 1 aliphatic heterocycles. The molecule has 5 heteroatoms. The van der Waals surface area contributed by atoms with E-state index in [0.29, 0.717) is 10.2 Å². The van der Waals surface area contributed by atoms with Gasteiger partial charge in [0, 0.05) is 22.3 Å². The zero-order chi connectivity index (χ0) is 13.3. The third-order valence-electron chi connectivity index (χ3n) is 2.97. The topological polar surface area (TPSA) is 12.0 Å². The van der Waals surface area contributed by atoms with E-state index >= 15 is 0 Å². The minimum atomic E-state index is -0.566. The second kappa shape index (κ2) is 5.37. The molecule has 0 radical (unpaired) electrons. The van der Waals surface area contributed by atoms with Gasteiger partial charge in [-0.25, -0.2) is 8.78 Å². The molecule has 1 aliphatic rings. The van der Waals surface area contributed by atoms with Crippen LogP contribution in [0, 0.1) is 17.0 Å². The van der Waals surface area contributed by atoms with Crippen LogP contribution in [-0.4, -0.2) is 17.5 Å². The molecule has 1 N–H and O–H groups in total. The van der Waals surface area contributed by atoms with E-state index in [4.69, 9.17) is 0 Å². The summed E-state index contributed by atoms with van der Waals surface area (Å²) in [5.41, 5.74) is 0.614. The van der Waals surface area contributed by atoms with E-state index in [2.05, 4.69) is 35.1 Å². The number of benzene rings is 1. The number of hydrogen-bond donors (Lipinski definition) is 1. The van der Waals surface area contributed by atoms with Crippen LogP contribution in [0.2, 0.25) is 0 Å². The molecule has 0 aliphatic carbocycles. The molecule has 1 atom stereocenters. The highest BCUT2D eigenvalue weighted by Gasteiger charge is 2.29. The Morgan fingerprint density at radius 2 is 2.11 bits per heavy atom. The van der Waals surface area contributed by atoms with Gasteiger partial charge in [0.2, 0.25) is 0 Å². The molecule has 0 amide bonds. The number of thioether (sulfide) groups is 1. The van der Waals surface area contributed by atoms with Gasteiger partial charge in [-0.1, -0.05) is 13.8 Å². The van der Waals surface area contributed by atoms with Crippen LogP contribution in [0.15, 0.2) is 16.6 Å². The van der Waals surface area contributed by atoms with Crippen LogP contribution >= 0.6 is 27.7 Å². The molecule has 0 saturated carbocycles. The Kier molecular flexibility index (Phi) is 4.22. The number of hydrogen-bond acceptors (Lipinski definition) is 2. The summed E-state index contributed by atoms with van der Waals surface area (Å²) < 4.78 is 27.2. The Morgan fingerprint density at radius 3 is 2.72 bits per heavy atom. The third-order valence-corrected chi connectivity index (χ3v) is 5.22. The lowest BCUT2D eigenvalue weighted by Gasteiger charge is -2.35. The van der Waals surface area contributed by atoms with Crippen molar-refractivity contribution in [1.29, 1.82) is 0 Å². The van der Waals surface area contributed by atoms with Gasteiger partial charge < -0.3 is 5.32 Å². The predicted octanol–water partition coefficient (Wildman–Crippen LogP) is 4.67. The second-order valence-electron chi connectivity index (χ2n) is 5.47. The number of nitrogens with one attached hydrogen (secondary N) is 1. The first-order valence-corrected chi connectivity index (χ1v) is 7.81. The fourth-order valence-electron chi connectivity index (χ4n) is 2.24. The Hall–Kier alpha value is -0.290. The maximum Gasteiger partial charge on any atom is 0.150 e. The van der Waals surface area contributed by atoms with Crippen molar-refractivity contribution in [3.63, 3.8) is 0 Å². The van der Waals surface area contributed by atoms with Gasteiger partial charge >= 0.3 is 0 Å². The molecule has 1 unspecified atom stereocenters. The van der Waals surface area contributed by atoms with Gasteiger partial charge in [0.25, 0.3) is 0 Å². The summed E-state index contributed by atoms with van der Waals surface area (Å²) >= 11 is 5.07. The molecule has 1 aromatic rings. The monoisotopic (exact) mass is 335 g/mol. The lowest BCUT2D eigenvalue weighted by molar-refractivity contribution is 0.357. The maximum atomic E-state index is 13.7. The first-order valence-electron chi connectivity index (χ1n) is 5.86. The van der Waals surface area contributed by atoms with Crippen LogP contribution < -0.4 is 5.32 Å². The molecule has 1 saturated heterocycles. The molecule has 1 aromatic carbocycles. The van der Waals surface area contributed by atoms with E-state index in [1.165, 1.54) is 6.07 Å². The average Bonchev–Trinajstić information content (AvgIpc) is 2.22. The summed E-state index contributed by atoms with van der Waals surface area (Å²) in [7, 11) is 0. The summed E-state index contributed by atoms with van der Waals surface area (Å²) in [4.78, 5) is 0. The van der Waals surface area contributed by atoms with Crippen LogP contribution in [0.25, 0.3) is 0 Å². The zero-order valence-electron chi connectivity index (χ0n) is 10.4. The van der Waals surface area contributed by atoms with E-state index in [0.717, 1.165) is 24.0 Å². The molecule has 18 heavy (non-hydrogen) atoms. The standard InChI is InChI=1S/C13H16BrF2NS/c1-13(2)5-9(6-18-7-13)17-12-10(14)3-8(15)4-11(12)16/h3-4,9,17H,5-7H2,1-2H3. The van der Waals surface area contributed by atoms with Crippen molar-refractivity contribution in [2.24, 2.45) is 5.41 Å². The van der Waals surface area contributed by atoms with Crippen LogP contribution in [0.1, 0.15) is 20.3 Å². The Morgan fingerprint density at radius 1 is 1.39 bits per heavy atom. The van der Waals surface area contributed by atoms with Crippen LogP contribution in [-0.2, 0) is 0 Å². The molecule has 2 rings (SSSR count). The van der Waals surface area contributed by atoms with Gasteiger partial charge in [0.15, 0.2) is 0 Å². The van der Waals surface area contributed by atoms with Crippen molar-refractivity contribution >= 4 is 33.4 Å². The van der Waals surface area contributed by atoms with Crippen LogP contribution in [0.4, 0.5) is 14.5 Å². The van der Waals surface area contributed by atoms with E-state index in [1.807, 2.05) is 11.8 Å². The Balaban J connectivity index is 2.14. The van der Waals surface area contributed by atoms with Gasteiger partial charge in [0.05, 0.1) is 5.69 Å². The van der Waals surface area contributed by atoms with Crippen molar-refractivity contribution in [1.82, 2.24) is 0 Å². The molecule has 1 fully saturated rings. The zero-order valence-corrected chi connectivity index (χ0v) is 12.8. The largest absolute Gasteiger partial charge is 0.378 e. The molecule has 100 valence electrons. The van der Waals surface area contributed by atoms with E-state index in [1.54, 1.807) is 0 Å². The van der Waals surface area contributed by atoms with Gasteiger partial charge in [0.1, 0.15) is 11.6 Å². The first kappa shape index (κ1) is 14.1. The van der Waals surface area contributed by atoms with E-state index in [9.17, 15) is 8.78 Å². The smallest absolute Gasteiger partial charge is 0.150 e. The molecular weight excluding hydrogens is 320 g/mol. The van der Waals surface area contributed by atoms with Crippen molar-refractivity contribution in [2.75, 3.05) is 16.8 Å². The minimum absolute atomic E-state index is 0.218. The fourth-order valence-corrected chi connectivity index (χ4v) is 4.04. The van der Waals surface area contributed by atoms with E-state index < -0.39 is 11.6 Å². The van der Waals surface area contributed by atoms with Crippen molar-refractivity contribution in [3.05, 3.63) is 28.2 Å². The minimum Gasteiger partial charge on any atom is -0.378 e. The first-order chi connectivity index (χ1) is 8.37. The number of halogens is 3. The molecule has 1 heterocycles. The Bertz CT molecular complexity index is 428. The van der Waals surface area contributed by atoms with Gasteiger partial charge in [-0.3, -0.25) is 0 Å². The lowest BCUT2D eigenvalue weighted by Crippen LogP contribution is -2.35. The predicted molar refractivity (Wildman–Crippen MR) is 77.2 cm³/mol. The van der Waals surface area contributed by atoms with Gasteiger partial charge in [-0.2, -0.15) is 11.8 Å². The molecule has 0 spiro atoms. The third kappa shape index (κ3) is 3.38. The highest BCUT2D eigenvalue weighted by molar-refractivity contribution is 9.10. The molecule has 0 bridgehead atoms. The molecule has 0 aromatic heterocycles. The molecule has 1 nitrogen and oxygen atoms in total. The van der Waals surface area contributed by atoms with E-state index in [-0.39, 0.29) is 11.5 Å². The Labute approximate surface area is 119 Å². The lowest BCUT2D eigenvalue weighted by atomic mass is 9.88. The van der Waals surface area contributed by atoms with Crippen molar-refractivity contribution in [3.8, 4) is 0 Å². The summed E-state index contributed by atoms with van der Waals surface area (Å²) in [5.74, 6) is 0.962. The van der Waals surface area contributed by atoms with Gasteiger partial charge in [-0.15, -0.1) is 0 Å². The highest BCUT2D eigenvalue weighted by atomic mass is 79.9. The normalized spacial score (nSPS) is 22.8. The molecular formula is C13H16BrF2NS. The summed E-state index contributed by atoms with van der Waals surface area (Å²) in [5, 5.41) is 3.19. The van der Waals surface area contributed by atoms with Crippen molar-refractivity contribution < 1.29 is 8.78 Å². The van der Waals surface area contributed by atoms with Gasteiger partial charge in [-0.05, 0) is 39.6 Å².